The van der Waals surface area contributed by atoms with E-state index in [1.54, 1.807) is 6.08 Å². The lowest BCUT2D eigenvalue weighted by atomic mass is 10.1. The summed E-state index contributed by atoms with van der Waals surface area (Å²) in [5, 5.41) is 0.737. The number of benzene rings is 1. The molecule has 0 spiro atoms. The molecule has 0 amide bonds. The van der Waals surface area contributed by atoms with Gasteiger partial charge in [-0.3, -0.25) is 0 Å². The van der Waals surface area contributed by atoms with E-state index in [1.165, 1.54) is 0 Å². The standard InChI is InChI=1S/C9H7Cl2/c1-7-3-2-4-8(5-6-10)9(7)11/h2-5H,1H3. The first-order chi connectivity index (χ1) is 5.25. The first-order valence-corrected chi connectivity index (χ1v) is 3.96. The van der Waals surface area contributed by atoms with Crippen LogP contribution >= 0.6 is 23.2 Å². The first kappa shape index (κ1) is 8.63. The maximum atomic E-state index is 5.94. The lowest BCUT2D eigenvalue weighted by molar-refractivity contribution is 1.46. The van der Waals surface area contributed by atoms with Crippen LogP contribution < -0.4 is 0 Å². The fraction of sp³-hybridized carbons (Fsp3) is 0.111. The molecule has 0 aliphatic carbocycles. The summed E-state index contributed by atoms with van der Waals surface area (Å²) in [5.41, 5.74) is 4.37. The predicted molar refractivity (Wildman–Crippen MR) is 49.7 cm³/mol. The molecular formula is C9H7Cl2. The minimum Gasteiger partial charge on any atom is -0.0834 e. The summed E-state index contributed by atoms with van der Waals surface area (Å²) in [5.74, 6) is 0. The Morgan fingerprint density at radius 3 is 2.82 bits per heavy atom. The van der Waals surface area contributed by atoms with Crippen LogP contribution in [0.5, 0.6) is 0 Å². The van der Waals surface area contributed by atoms with Gasteiger partial charge in [-0.1, -0.05) is 41.4 Å². The molecule has 0 heterocycles. The zero-order valence-electron chi connectivity index (χ0n) is 6.07. The third-order valence-electron chi connectivity index (χ3n) is 1.43. The second-order valence-corrected chi connectivity index (χ2v) is 2.83. The third-order valence-corrected chi connectivity index (χ3v) is 2.06. The van der Waals surface area contributed by atoms with Crippen molar-refractivity contribution in [2.75, 3.05) is 0 Å². The molecule has 0 fully saturated rings. The summed E-state index contributed by atoms with van der Waals surface area (Å²) >= 11 is 11.2. The van der Waals surface area contributed by atoms with Crippen molar-refractivity contribution in [2.45, 2.75) is 6.92 Å². The number of halogens is 2. The van der Waals surface area contributed by atoms with Crippen LogP contribution in [-0.2, 0) is 0 Å². The smallest absolute Gasteiger partial charge is 0.0599 e. The van der Waals surface area contributed by atoms with Crippen LogP contribution in [0.1, 0.15) is 11.1 Å². The van der Waals surface area contributed by atoms with Crippen molar-refractivity contribution < 1.29 is 0 Å². The highest BCUT2D eigenvalue weighted by molar-refractivity contribution is 6.33. The number of hydrogen-bond acceptors (Lipinski definition) is 0. The molecule has 0 bridgehead atoms. The molecule has 11 heavy (non-hydrogen) atoms. The molecule has 0 saturated heterocycles. The molecule has 57 valence electrons. The monoisotopic (exact) mass is 185 g/mol. The van der Waals surface area contributed by atoms with Gasteiger partial charge >= 0.3 is 0 Å². The van der Waals surface area contributed by atoms with Gasteiger partial charge in [-0.15, -0.1) is 0 Å². The number of aryl methyl sites for hydroxylation is 1. The average Bonchev–Trinajstić information content (AvgIpc) is 1.99. The molecule has 2 heteroatoms. The molecule has 0 aliphatic rings. The molecule has 1 aromatic rings. The average molecular weight is 186 g/mol. The number of rotatable bonds is 1. The van der Waals surface area contributed by atoms with Gasteiger partial charge in [0.15, 0.2) is 0 Å². The molecule has 0 unspecified atom stereocenters. The maximum Gasteiger partial charge on any atom is 0.0599 e. The summed E-state index contributed by atoms with van der Waals surface area (Å²) < 4.78 is 0. The SMILES string of the molecule is Cc1cccc(C=[C]Cl)c1Cl. The molecule has 0 N–H and O–H groups in total. The van der Waals surface area contributed by atoms with Crippen LogP contribution in [0.15, 0.2) is 18.2 Å². The molecule has 0 aliphatic heterocycles. The van der Waals surface area contributed by atoms with Gasteiger partial charge in [0, 0.05) is 0 Å². The van der Waals surface area contributed by atoms with Crippen molar-refractivity contribution in [1.82, 2.24) is 0 Å². The summed E-state index contributed by atoms with van der Waals surface area (Å²) in [6.07, 6.45) is 1.65. The van der Waals surface area contributed by atoms with Crippen molar-refractivity contribution in [3.8, 4) is 0 Å². The van der Waals surface area contributed by atoms with Gasteiger partial charge in [-0.2, -0.15) is 0 Å². The fourth-order valence-electron chi connectivity index (χ4n) is 0.840. The lowest BCUT2D eigenvalue weighted by Gasteiger charge is -1.99. The Kier molecular flexibility index (Phi) is 2.98. The van der Waals surface area contributed by atoms with Crippen molar-refractivity contribution >= 4 is 29.3 Å². The summed E-state index contributed by atoms with van der Waals surface area (Å²) in [6.45, 7) is 1.95. The zero-order chi connectivity index (χ0) is 8.27. The Morgan fingerprint density at radius 2 is 2.18 bits per heavy atom. The van der Waals surface area contributed by atoms with E-state index in [9.17, 15) is 0 Å². The Balaban J connectivity index is 3.16. The molecule has 1 radical (unpaired) electrons. The van der Waals surface area contributed by atoms with Crippen molar-refractivity contribution in [3.63, 3.8) is 0 Å². The van der Waals surface area contributed by atoms with Gasteiger partial charge in [-0.25, -0.2) is 0 Å². The van der Waals surface area contributed by atoms with Crippen LogP contribution in [0.4, 0.5) is 0 Å². The quantitative estimate of drug-likeness (QED) is 0.627. The van der Waals surface area contributed by atoms with E-state index in [0.717, 1.165) is 16.1 Å². The second-order valence-electron chi connectivity index (χ2n) is 2.23. The zero-order valence-corrected chi connectivity index (χ0v) is 7.58. The molecule has 1 rings (SSSR count). The Labute approximate surface area is 76.4 Å². The van der Waals surface area contributed by atoms with Gasteiger partial charge in [0.25, 0.3) is 0 Å². The van der Waals surface area contributed by atoms with Crippen LogP contribution in [0.3, 0.4) is 0 Å². The third kappa shape index (κ3) is 1.98. The Bertz CT molecular complexity index is 277. The Hall–Kier alpha value is -0.460. The van der Waals surface area contributed by atoms with Crippen molar-refractivity contribution in [3.05, 3.63) is 39.9 Å². The number of hydrogen-bond donors (Lipinski definition) is 0. The van der Waals surface area contributed by atoms with Crippen molar-refractivity contribution in [2.24, 2.45) is 0 Å². The molecule has 0 saturated carbocycles. The van der Waals surface area contributed by atoms with Gasteiger partial charge in [-0.05, 0) is 24.1 Å². The van der Waals surface area contributed by atoms with Crippen molar-refractivity contribution in [1.29, 1.82) is 0 Å². The summed E-state index contributed by atoms with van der Waals surface area (Å²) in [4.78, 5) is 0. The second kappa shape index (κ2) is 3.80. The predicted octanol–water partition coefficient (Wildman–Crippen LogP) is 3.66. The van der Waals surface area contributed by atoms with Crippen LogP contribution in [0.2, 0.25) is 5.02 Å². The minimum absolute atomic E-state index is 0.737. The van der Waals surface area contributed by atoms with E-state index >= 15 is 0 Å². The molecule has 0 nitrogen and oxygen atoms in total. The molecule has 1 aromatic carbocycles. The largest absolute Gasteiger partial charge is 0.0834 e. The van der Waals surface area contributed by atoms with Crippen LogP contribution in [0, 0.1) is 12.5 Å². The highest BCUT2D eigenvalue weighted by atomic mass is 35.5. The highest BCUT2D eigenvalue weighted by Gasteiger charge is 1.97. The van der Waals surface area contributed by atoms with Gasteiger partial charge in [0.1, 0.15) is 0 Å². The van der Waals surface area contributed by atoms with Gasteiger partial charge in [0.05, 0.1) is 10.6 Å². The van der Waals surface area contributed by atoms with Crippen LogP contribution in [0.25, 0.3) is 6.08 Å². The van der Waals surface area contributed by atoms with Gasteiger partial charge in [0.2, 0.25) is 0 Å². The Morgan fingerprint density at radius 1 is 1.45 bits per heavy atom. The van der Waals surface area contributed by atoms with Gasteiger partial charge < -0.3 is 0 Å². The minimum atomic E-state index is 0.737. The highest BCUT2D eigenvalue weighted by Crippen LogP contribution is 2.21. The first-order valence-electron chi connectivity index (χ1n) is 3.20. The summed E-state index contributed by atoms with van der Waals surface area (Å²) in [7, 11) is 0. The fourth-order valence-corrected chi connectivity index (χ4v) is 1.14. The van der Waals surface area contributed by atoms with E-state index in [0.29, 0.717) is 0 Å². The molecule has 0 atom stereocenters. The van der Waals surface area contributed by atoms with E-state index in [2.05, 4.69) is 5.54 Å². The van der Waals surface area contributed by atoms with Crippen LogP contribution in [-0.4, -0.2) is 0 Å². The maximum absolute atomic E-state index is 5.94. The normalized spacial score (nSPS) is 10.8. The van der Waals surface area contributed by atoms with E-state index in [-0.39, 0.29) is 0 Å². The van der Waals surface area contributed by atoms with E-state index in [4.69, 9.17) is 23.2 Å². The van der Waals surface area contributed by atoms with E-state index < -0.39 is 0 Å². The van der Waals surface area contributed by atoms with E-state index in [1.807, 2.05) is 25.1 Å². The molecular weight excluding hydrogens is 179 g/mol. The lowest BCUT2D eigenvalue weighted by Crippen LogP contribution is -1.78. The molecule has 0 aromatic heterocycles. The summed E-state index contributed by atoms with van der Waals surface area (Å²) in [6, 6.07) is 5.78. The topological polar surface area (TPSA) is 0 Å².